The van der Waals surface area contributed by atoms with E-state index in [1.807, 2.05) is 16.7 Å². The van der Waals surface area contributed by atoms with Gasteiger partial charge in [-0.25, -0.2) is 9.37 Å². The van der Waals surface area contributed by atoms with Gasteiger partial charge in [0.2, 0.25) is 5.82 Å². The monoisotopic (exact) mass is 396 g/mol. The minimum Gasteiger partial charge on any atom is -0.365 e. The quantitative estimate of drug-likeness (QED) is 0.503. The number of imidazole rings is 1. The maximum atomic E-state index is 14.1. The standard InChI is InChI=1S/C20H14ClFN4O2/c21-13-5-3-4-12(8-13)19-24-20(28-25-19)18-16-10-27-17(9-26(16)11-23-18)14-6-1-2-7-15(14)22/h1-8,11,17H,9-10H2/t17-/m1/s1. The number of aromatic nitrogens is 4. The van der Waals surface area contributed by atoms with Crippen LogP contribution in [-0.4, -0.2) is 19.7 Å². The Balaban J connectivity index is 1.44. The first kappa shape index (κ1) is 17.1. The predicted molar refractivity (Wildman–Crippen MR) is 99.9 cm³/mol. The van der Waals surface area contributed by atoms with Gasteiger partial charge in [0, 0.05) is 16.1 Å². The zero-order valence-corrected chi connectivity index (χ0v) is 15.3. The van der Waals surface area contributed by atoms with Crippen molar-refractivity contribution in [3.8, 4) is 23.0 Å². The van der Waals surface area contributed by atoms with E-state index in [0.717, 1.165) is 11.3 Å². The van der Waals surface area contributed by atoms with Gasteiger partial charge in [0.15, 0.2) is 5.69 Å². The van der Waals surface area contributed by atoms with E-state index in [1.165, 1.54) is 6.07 Å². The van der Waals surface area contributed by atoms with Crippen LogP contribution in [0.3, 0.4) is 0 Å². The molecule has 8 heteroatoms. The third-order valence-electron chi connectivity index (χ3n) is 4.69. The minimum atomic E-state index is -0.375. The summed E-state index contributed by atoms with van der Waals surface area (Å²) < 4.78 is 27.3. The molecule has 1 aliphatic rings. The van der Waals surface area contributed by atoms with E-state index in [-0.39, 0.29) is 18.5 Å². The van der Waals surface area contributed by atoms with Crippen LogP contribution in [0.2, 0.25) is 5.02 Å². The van der Waals surface area contributed by atoms with Gasteiger partial charge in [-0.1, -0.05) is 47.1 Å². The highest BCUT2D eigenvalue weighted by molar-refractivity contribution is 6.30. The van der Waals surface area contributed by atoms with E-state index in [4.69, 9.17) is 20.9 Å². The van der Waals surface area contributed by atoms with Crippen molar-refractivity contribution >= 4 is 11.6 Å². The fourth-order valence-electron chi connectivity index (χ4n) is 3.29. The molecule has 28 heavy (non-hydrogen) atoms. The lowest BCUT2D eigenvalue weighted by atomic mass is 10.1. The Kier molecular flexibility index (Phi) is 4.18. The van der Waals surface area contributed by atoms with Crippen LogP contribution in [0.1, 0.15) is 17.4 Å². The second kappa shape index (κ2) is 6.85. The van der Waals surface area contributed by atoms with Crippen LogP contribution >= 0.6 is 11.6 Å². The third-order valence-corrected chi connectivity index (χ3v) is 4.93. The van der Waals surface area contributed by atoms with Gasteiger partial charge < -0.3 is 13.8 Å². The van der Waals surface area contributed by atoms with Gasteiger partial charge in [-0.2, -0.15) is 4.98 Å². The summed E-state index contributed by atoms with van der Waals surface area (Å²) in [7, 11) is 0. The number of hydrogen-bond acceptors (Lipinski definition) is 5. The molecule has 0 amide bonds. The summed E-state index contributed by atoms with van der Waals surface area (Å²) in [5, 5.41) is 4.62. The molecule has 3 heterocycles. The topological polar surface area (TPSA) is 66.0 Å². The van der Waals surface area contributed by atoms with Crippen molar-refractivity contribution in [3.05, 3.63) is 77.0 Å². The van der Waals surface area contributed by atoms with Gasteiger partial charge in [-0.3, -0.25) is 0 Å². The maximum absolute atomic E-state index is 14.1. The van der Waals surface area contributed by atoms with Crippen LogP contribution in [0.5, 0.6) is 0 Å². The van der Waals surface area contributed by atoms with E-state index in [0.29, 0.717) is 34.5 Å². The zero-order chi connectivity index (χ0) is 19.1. The first-order chi connectivity index (χ1) is 13.7. The molecule has 0 fully saturated rings. The predicted octanol–water partition coefficient (Wildman–Crippen LogP) is 4.66. The van der Waals surface area contributed by atoms with Gasteiger partial charge in [0.1, 0.15) is 11.9 Å². The number of nitrogens with zero attached hydrogens (tertiary/aromatic N) is 4. The fraction of sp³-hybridized carbons (Fsp3) is 0.150. The highest BCUT2D eigenvalue weighted by Gasteiger charge is 2.27. The van der Waals surface area contributed by atoms with Gasteiger partial charge in [-0.15, -0.1) is 0 Å². The Labute approximate surface area is 164 Å². The van der Waals surface area contributed by atoms with E-state index < -0.39 is 0 Å². The van der Waals surface area contributed by atoms with Crippen molar-refractivity contribution in [2.45, 2.75) is 19.3 Å². The van der Waals surface area contributed by atoms with E-state index in [1.54, 1.807) is 36.7 Å². The summed E-state index contributed by atoms with van der Waals surface area (Å²) in [6, 6.07) is 13.8. The SMILES string of the molecule is Fc1ccccc1[C@H]1Cn2cnc(-c3nc(-c4cccc(Cl)c4)no3)c2CO1. The molecule has 0 unspecified atom stereocenters. The molecular weight excluding hydrogens is 383 g/mol. The molecule has 1 aliphatic heterocycles. The summed E-state index contributed by atoms with van der Waals surface area (Å²) in [6.45, 7) is 0.724. The Morgan fingerprint density at radius 3 is 2.89 bits per heavy atom. The summed E-state index contributed by atoms with van der Waals surface area (Å²) in [4.78, 5) is 8.85. The Morgan fingerprint density at radius 1 is 1.14 bits per heavy atom. The van der Waals surface area contributed by atoms with Crippen LogP contribution in [0.15, 0.2) is 59.4 Å². The van der Waals surface area contributed by atoms with Crippen LogP contribution in [0, 0.1) is 5.82 Å². The molecule has 0 saturated carbocycles. The Morgan fingerprint density at radius 2 is 2.04 bits per heavy atom. The fourth-order valence-corrected chi connectivity index (χ4v) is 3.48. The van der Waals surface area contributed by atoms with Crippen molar-refractivity contribution in [3.63, 3.8) is 0 Å². The molecule has 0 saturated heterocycles. The lowest BCUT2D eigenvalue weighted by molar-refractivity contribution is 0.00126. The molecule has 5 rings (SSSR count). The normalized spacial score (nSPS) is 16.1. The third kappa shape index (κ3) is 2.98. The second-order valence-corrected chi connectivity index (χ2v) is 6.88. The smallest absolute Gasteiger partial charge is 0.278 e. The highest BCUT2D eigenvalue weighted by Crippen LogP contribution is 2.32. The van der Waals surface area contributed by atoms with Crippen molar-refractivity contribution in [1.29, 1.82) is 0 Å². The summed E-state index contributed by atoms with van der Waals surface area (Å²) in [6.07, 6.45) is 1.31. The van der Waals surface area contributed by atoms with E-state index in [9.17, 15) is 4.39 Å². The first-order valence-electron chi connectivity index (χ1n) is 8.69. The summed E-state index contributed by atoms with van der Waals surface area (Å²) in [5.74, 6) is 0.455. The molecule has 2 aromatic heterocycles. The largest absolute Gasteiger partial charge is 0.365 e. The van der Waals surface area contributed by atoms with Gasteiger partial charge in [0.05, 0.1) is 25.2 Å². The number of rotatable bonds is 3. The van der Waals surface area contributed by atoms with Crippen molar-refractivity contribution in [2.24, 2.45) is 0 Å². The van der Waals surface area contributed by atoms with E-state index in [2.05, 4.69) is 15.1 Å². The van der Waals surface area contributed by atoms with Gasteiger partial charge in [-0.05, 0) is 18.2 Å². The molecule has 140 valence electrons. The van der Waals surface area contributed by atoms with Crippen molar-refractivity contribution in [2.75, 3.05) is 0 Å². The minimum absolute atomic E-state index is 0.267. The molecule has 2 aromatic carbocycles. The molecule has 1 atom stereocenters. The van der Waals surface area contributed by atoms with Crippen LogP contribution in [0.4, 0.5) is 4.39 Å². The van der Waals surface area contributed by atoms with E-state index >= 15 is 0 Å². The Bertz CT molecular complexity index is 1160. The van der Waals surface area contributed by atoms with Crippen molar-refractivity contribution < 1.29 is 13.7 Å². The van der Waals surface area contributed by atoms with Crippen LogP contribution in [-0.2, 0) is 17.9 Å². The number of hydrogen-bond donors (Lipinski definition) is 0. The van der Waals surface area contributed by atoms with Crippen LogP contribution in [0.25, 0.3) is 23.0 Å². The van der Waals surface area contributed by atoms with Crippen molar-refractivity contribution in [1.82, 2.24) is 19.7 Å². The van der Waals surface area contributed by atoms with Gasteiger partial charge >= 0.3 is 0 Å². The average molecular weight is 397 g/mol. The molecule has 0 aliphatic carbocycles. The first-order valence-corrected chi connectivity index (χ1v) is 9.07. The number of halogens is 2. The molecule has 6 nitrogen and oxygen atoms in total. The molecule has 0 radical (unpaired) electrons. The molecule has 4 aromatic rings. The Hall–Kier alpha value is -3.03. The van der Waals surface area contributed by atoms with Gasteiger partial charge in [0.25, 0.3) is 5.89 Å². The second-order valence-electron chi connectivity index (χ2n) is 6.45. The number of ether oxygens (including phenoxy) is 1. The average Bonchev–Trinajstić information content (AvgIpc) is 3.35. The zero-order valence-electron chi connectivity index (χ0n) is 14.5. The number of fused-ring (bicyclic) bond motifs is 1. The maximum Gasteiger partial charge on any atom is 0.278 e. The molecule has 0 spiro atoms. The molecular formula is C20H14ClFN4O2. The summed E-state index contributed by atoms with van der Waals surface area (Å²) in [5.41, 5.74) is 2.66. The molecule has 0 bridgehead atoms. The highest BCUT2D eigenvalue weighted by atomic mass is 35.5. The van der Waals surface area contributed by atoms with Crippen LogP contribution < -0.4 is 0 Å². The summed E-state index contributed by atoms with van der Waals surface area (Å²) >= 11 is 6.03. The number of benzene rings is 2. The lowest BCUT2D eigenvalue weighted by Crippen LogP contribution is -2.21. The molecule has 0 N–H and O–H groups in total. The lowest BCUT2D eigenvalue weighted by Gasteiger charge is -2.25.